The van der Waals surface area contributed by atoms with Gasteiger partial charge in [-0.15, -0.1) is 23.2 Å². The minimum absolute atomic E-state index is 0.318. The maximum absolute atomic E-state index is 12.1. The molecule has 0 amide bonds. The number of allylic oxidation sites excluding steroid dienone is 2. The normalized spacial score (nSPS) is 20.6. The first-order valence-corrected chi connectivity index (χ1v) is 8.87. The third-order valence-corrected chi connectivity index (χ3v) is 4.12. The van der Waals surface area contributed by atoms with Gasteiger partial charge in [-0.25, -0.2) is 0 Å². The summed E-state index contributed by atoms with van der Waals surface area (Å²) in [6.07, 6.45) is 7.99. The van der Waals surface area contributed by atoms with E-state index in [2.05, 4.69) is 0 Å². The van der Waals surface area contributed by atoms with E-state index < -0.39 is 11.8 Å². The third-order valence-electron chi connectivity index (χ3n) is 3.58. The average Bonchev–Trinajstić information content (AvgIpc) is 2.55. The van der Waals surface area contributed by atoms with Crippen molar-refractivity contribution in [2.45, 2.75) is 38.5 Å². The molecule has 6 heteroatoms. The summed E-state index contributed by atoms with van der Waals surface area (Å²) in [6, 6.07) is 0. The zero-order chi connectivity index (χ0) is 16.2. The molecule has 0 N–H and O–H groups in total. The summed E-state index contributed by atoms with van der Waals surface area (Å²) in [7, 11) is 0. The molecule has 0 aliphatic heterocycles. The van der Waals surface area contributed by atoms with E-state index in [4.69, 9.17) is 32.7 Å². The topological polar surface area (TPSA) is 52.6 Å². The lowest BCUT2D eigenvalue weighted by Gasteiger charge is -2.25. The minimum Gasteiger partial charge on any atom is -0.465 e. The van der Waals surface area contributed by atoms with Gasteiger partial charge in [0, 0.05) is 11.8 Å². The first-order valence-electron chi connectivity index (χ1n) is 7.81. The van der Waals surface area contributed by atoms with Crippen molar-refractivity contribution < 1.29 is 19.1 Å². The Morgan fingerprint density at radius 3 is 1.59 bits per heavy atom. The van der Waals surface area contributed by atoms with Gasteiger partial charge in [-0.05, 0) is 38.5 Å². The lowest BCUT2D eigenvalue weighted by molar-refractivity contribution is -0.161. The van der Waals surface area contributed by atoms with E-state index in [9.17, 15) is 9.59 Å². The van der Waals surface area contributed by atoms with Gasteiger partial charge in [-0.2, -0.15) is 0 Å². The van der Waals surface area contributed by atoms with E-state index in [0.29, 0.717) is 37.8 Å². The van der Waals surface area contributed by atoms with E-state index in [1.54, 1.807) is 0 Å². The first-order chi connectivity index (χ1) is 10.7. The van der Waals surface area contributed by atoms with Crippen LogP contribution in [0.15, 0.2) is 12.2 Å². The number of unbranched alkanes of at least 4 members (excludes halogenated alkanes) is 2. The molecule has 0 heterocycles. The highest BCUT2D eigenvalue weighted by Gasteiger charge is 2.36. The van der Waals surface area contributed by atoms with Crippen molar-refractivity contribution in [3.63, 3.8) is 0 Å². The molecule has 0 fully saturated rings. The van der Waals surface area contributed by atoms with Gasteiger partial charge in [0.25, 0.3) is 0 Å². The molecule has 126 valence electrons. The quantitative estimate of drug-likeness (QED) is 0.261. The fraction of sp³-hybridized carbons (Fsp3) is 0.750. The van der Waals surface area contributed by atoms with E-state index >= 15 is 0 Å². The van der Waals surface area contributed by atoms with Gasteiger partial charge >= 0.3 is 11.9 Å². The highest BCUT2D eigenvalue weighted by molar-refractivity contribution is 6.18. The predicted octanol–water partition coefficient (Wildman–Crippen LogP) is 3.69. The van der Waals surface area contributed by atoms with Crippen LogP contribution in [0, 0.1) is 11.8 Å². The van der Waals surface area contributed by atoms with Crippen molar-refractivity contribution >= 4 is 35.1 Å². The van der Waals surface area contributed by atoms with Gasteiger partial charge in [0.15, 0.2) is 0 Å². The van der Waals surface area contributed by atoms with E-state index in [0.717, 1.165) is 25.7 Å². The molecule has 0 bridgehead atoms. The van der Waals surface area contributed by atoms with Gasteiger partial charge in [0.1, 0.15) is 0 Å². The Morgan fingerprint density at radius 2 is 1.23 bits per heavy atom. The molecule has 0 aromatic heterocycles. The second-order valence-electron chi connectivity index (χ2n) is 5.28. The number of hydrogen-bond acceptors (Lipinski definition) is 4. The van der Waals surface area contributed by atoms with Gasteiger partial charge in [0.05, 0.1) is 25.0 Å². The number of esters is 2. The molecule has 1 aliphatic carbocycles. The second kappa shape index (κ2) is 11.8. The molecule has 0 aromatic rings. The molecular weight excluding hydrogens is 327 g/mol. The molecule has 0 aromatic carbocycles. The van der Waals surface area contributed by atoms with Gasteiger partial charge in [0.2, 0.25) is 0 Å². The molecule has 22 heavy (non-hydrogen) atoms. The summed E-state index contributed by atoms with van der Waals surface area (Å²) in [6.45, 7) is 0.701. The van der Waals surface area contributed by atoms with Crippen LogP contribution in [0.3, 0.4) is 0 Å². The van der Waals surface area contributed by atoms with Gasteiger partial charge in [-0.1, -0.05) is 12.2 Å². The molecule has 0 spiro atoms. The standard InChI is InChI=1S/C16H24Cl2O4/c17-9-3-5-11-21-15(19)13-7-1-2-8-14(13)16(20)22-12-6-4-10-18/h1-2,13-14H,3-12H2/t13-,14+. The van der Waals surface area contributed by atoms with Crippen molar-refractivity contribution in [3.8, 4) is 0 Å². The zero-order valence-corrected chi connectivity index (χ0v) is 14.3. The van der Waals surface area contributed by atoms with Crippen LogP contribution in [0.25, 0.3) is 0 Å². The van der Waals surface area contributed by atoms with Crippen molar-refractivity contribution in [1.82, 2.24) is 0 Å². The number of hydrogen-bond donors (Lipinski definition) is 0. The Bertz CT molecular complexity index is 337. The van der Waals surface area contributed by atoms with Crippen molar-refractivity contribution in [2.75, 3.05) is 25.0 Å². The maximum Gasteiger partial charge on any atom is 0.310 e. The Kier molecular flexibility index (Phi) is 10.3. The molecule has 1 aliphatic rings. The number of ether oxygens (including phenoxy) is 2. The summed E-state index contributed by atoms with van der Waals surface area (Å²) in [4.78, 5) is 24.3. The summed E-state index contributed by atoms with van der Waals surface area (Å²) in [5.74, 6) is -0.409. The molecule has 4 nitrogen and oxygen atoms in total. The van der Waals surface area contributed by atoms with Gasteiger partial charge < -0.3 is 9.47 Å². The van der Waals surface area contributed by atoms with Crippen LogP contribution >= 0.6 is 23.2 Å². The summed E-state index contributed by atoms with van der Waals surface area (Å²) < 4.78 is 10.5. The number of alkyl halides is 2. The smallest absolute Gasteiger partial charge is 0.310 e. The lowest BCUT2D eigenvalue weighted by atomic mass is 9.83. The SMILES string of the molecule is O=C(OCCCCCl)[C@H]1CC=CC[C@H]1C(=O)OCCCCCl. The highest BCUT2D eigenvalue weighted by atomic mass is 35.5. The maximum atomic E-state index is 12.1. The Morgan fingerprint density at radius 1 is 0.818 bits per heavy atom. The van der Waals surface area contributed by atoms with Crippen LogP contribution in [-0.4, -0.2) is 36.9 Å². The first kappa shape index (κ1) is 19.3. The second-order valence-corrected chi connectivity index (χ2v) is 6.04. The summed E-state index contributed by atoms with van der Waals surface area (Å²) in [5.41, 5.74) is 0. The highest BCUT2D eigenvalue weighted by Crippen LogP contribution is 2.28. The lowest BCUT2D eigenvalue weighted by Crippen LogP contribution is -2.34. The van der Waals surface area contributed by atoms with Crippen LogP contribution in [0.5, 0.6) is 0 Å². The zero-order valence-electron chi connectivity index (χ0n) is 12.8. The third kappa shape index (κ3) is 7.01. The molecular formula is C16H24Cl2O4. The van der Waals surface area contributed by atoms with E-state index in [-0.39, 0.29) is 11.9 Å². The van der Waals surface area contributed by atoms with Crippen LogP contribution in [-0.2, 0) is 19.1 Å². The average molecular weight is 351 g/mol. The summed E-state index contributed by atoms with van der Waals surface area (Å²) in [5, 5.41) is 0. The van der Waals surface area contributed by atoms with Crippen molar-refractivity contribution in [1.29, 1.82) is 0 Å². The predicted molar refractivity (Wildman–Crippen MR) is 87.2 cm³/mol. The molecule has 0 saturated heterocycles. The number of halogens is 2. The monoisotopic (exact) mass is 350 g/mol. The molecule has 0 unspecified atom stereocenters. The van der Waals surface area contributed by atoms with Gasteiger partial charge in [-0.3, -0.25) is 9.59 Å². The van der Waals surface area contributed by atoms with Crippen LogP contribution < -0.4 is 0 Å². The fourth-order valence-electron chi connectivity index (χ4n) is 2.29. The number of carbonyl (C=O) groups is 2. The Labute approximate surface area is 142 Å². The Balaban J connectivity index is 2.43. The minimum atomic E-state index is -0.443. The molecule has 2 atom stereocenters. The summed E-state index contributed by atoms with van der Waals surface area (Å²) >= 11 is 11.2. The molecule has 0 saturated carbocycles. The molecule has 1 rings (SSSR count). The molecule has 0 radical (unpaired) electrons. The van der Waals surface area contributed by atoms with E-state index in [1.807, 2.05) is 12.2 Å². The van der Waals surface area contributed by atoms with E-state index in [1.165, 1.54) is 0 Å². The van der Waals surface area contributed by atoms with Crippen molar-refractivity contribution in [3.05, 3.63) is 12.2 Å². The largest absolute Gasteiger partial charge is 0.465 e. The number of rotatable bonds is 10. The fourth-order valence-corrected chi connectivity index (χ4v) is 2.67. The number of carbonyl (C=O) groups excluding carboxylic acids is 2. The van der Waals surface area contributed by atoms with Crippen LogP contribution in [0.1, 0.15) is 38.5 Å². The van der Waals surface area contributed by atoms with Crippen LogP contribution in [0.4, 0.5) is 0 Å². The van der Waals surface area contributed by atoms with Crippen molar-refractivity contribution in [2.24, 2.45) is 11.8 Å². The Hall–Kier alpha value is -0.740. The van der Waals surface area contributed by atoms with Crippen LogP contribution in [0.2, 0.25) is 0 Å².